The van der Waals surface area contributed by atoms with E-state index >= 15 is 0 Å². The minimum Gasteiger partial charge on any atom is -0.334 e. The zero-order chi connectivity index (χ0) is 17.1. The first-order valence-corrected chi connectivity index (χ1v) is 8.42. The molecule has 0 radical (unpaired) electrons. The Morgan fingerprint density at radius 1 is 1.24 bits per heavy atom. The number of rotatable bonds is 4. The monoisotopic (exact) mass is 336 g/mol. The minimum atomic E-state index is -0.0806. The van der Waals surface area contributed by atoms with E-state index < -0.39 is 0 Å². The number of anilines is 1. The van der Waals surface area contributed by atoms with Crippen LogP contribution in [0.1, 0.15) is 23.2 Å². The van der Waals surface area contributed by atoms with Crippen molar-refractivity contribution in [3.8, 4) is 0 Å². The highest BCUT2D eigenvalue weighted by Gasteiger charge is 2.23. The fourth-order valence-electron chi connectivity index (χ4n) is 3.09. The van der Waals surface area contributed by atoms with Gasteiger partial charge < -0.3 is 5.32 Å². The molecule has 2 amide bonds. The molecule has 1 aromatic carbocycles. The molecule has 3 aromatic rings. The summed E-state index contributed by atoms with van der Waals surface area (Å²) in [6.45, 7) is 1.97. The highest BCUT2D eigenvalue weighted by atomic mass is 16.2. The number of aromatic nitrogens is 4. The Labute approximate surface area is 145 Å². The molecule has 1 aliphatic rings. The van der Waals surface area contributed by atoms with Gasteiger partial charge in [0, 0.05) is 25.5 Å². The number of H-pyrrole nitrogens is 1. The van der Waals surface area contributed by atoms with Gasteiger partial charge in [-0.2, -0.15) is 10.2 Å². The van der Waals surface area contributed by atoms with Gasteiger partial charge in [-0.3, -0.25) is 14.7 Å². The van der Waals surface area contributed by atoms with E-state index in [2.05, 4.69) is 32.7 Å². The van der Waals surface area contributed by atoms with Gasteiger partial charge in [0.15, 0.2) is 0 Å². The van der Waals surface area contributed by atoms with Crippen molar-refractivity contribution in [1.82, 2.24) is 25.3 Å². The van der Waals surface area contributed by atoms with Gasteiger partial charge in [0.1, 0.15) is 0 Å². The van der Waals surface area contributed by atoms with Gasteiger partial charge in [-0.25, -0.2) is 4.79 Å². The maximum Gasteiger partial charge on any atom is 0.322 e. The van der Waals surface area contributed by atoms with Crippen molar-refractivity contribution >= 4 is 11.7 Å². The molecule has 0 atom stereocenters. The molecule has 128 valence electrons. The number of aryl methyl sites for hydroxylation is 1. The predicted octanol–water partition coefficient (Wildman–Crippen LogP) is 2.32. The maximum atomic E-state index is 12.5. The average molecular weight is 336 g/mol. The minimum absolute atomic E-state index is 0.0806. The maximum absolute atomic E-state index is 12.5. The van der Waals surface area contributed by atoms with Gasteiger partial charge in [0.25, 0.3) is 0 Å². The summed E-state index contributed by atoms with van der Waals surface area (Å²) >= 11 is 0. The normalized spacial score (nSPS) is 13.5. The number of nitrogens with one attached hydrogen (secondary N) is 2. The molecular formula is C18H20N6O. The molecule has 3 heterocycles. The van der Waals surface area contributed by atoms with Crippen molar-refractivity contribution in [2.45, 2.75) is 25.9 Å². The summed E-state index contributed by atoms with van der Waals surface area (Å²) in [6.07, 6.45) is 7.33. The second kappa shape index (κ2) is 6.80. The highest BCUT2D eigenvalue weighted by molar-refractivity contribution is 5.92. The van der Waals surface area contributed by atoms with Gasteiger partial charge in [-0.05, 0) is 30.0 Å². The van der Waals surface area contributed by atoms with Crippen LogP contribution in [0.5, 0.6) is 0 Å². The van der Waals surface area contributed by atoms with E-state index in [1.807, 2.05) is 29.1 Å². The molecule has 4 rings (SSSR count). The molecule has 25 heavy (non-hydrogen) atoms. The van der Waals surface area contributed by atoms with E-state index in [0.29, 0.717) is 6.54 Å². The second-order valence-electron chi connectivity index (χ2n) is 6.17. The Balaban J connectivity index is 1.35. The molecule has 0 aliphatic carbocycles. The van der Waals surface area contributed by atoms with Crippen molar-refractivity contribution < 1.29 is 4.79 Å². The molecule has 7 heteroatoms. The Kier molecular flexibility index (Phi) is 4.20. The molecule has 0 unspecified atom stereocenters. The van der Waals surface area contributed by atoms with Crippen LogP contribution >= 0.6 is 0 Å². The number of carbonyl (C=O) groups excluding carboxylic acids is 1. The van der Waals surface area contributed by atoms with E-state index in [-0.39, 0.29) is 6.03 Å². The van der Waals surface area contributed by atoms with Gasteiger partial charge in [-0.1, -0.05) is 24.3 Å². The van der Waals surface area contributed by atoms with E-state index in [1.165, 1.54) is 5.56 Å². The van der Waals surface area contributed by atoms with Crippen LogP contribution in [0.4, 0.5) is 10.5 Å². The molecule has 0 saturated carbocycles. The van der Waals surface area contributed by atoms with Gasteiger partial charge in [-0.15, -0.1) is 0 Å². The first-order valence-electron chi connectivity index (χ1n) is 8.42. The molecule has 0 saturated heterocycles. The van der Waals surface area contributed by atoms with Gasteiger partial charge in [0.2, 0.25) is 0 Å². The Hall–Kier alpha value is -3.09. The van der Waals surface area contributed by atoms with Crippen molar-refractivity contribution in [3.05, 3.63) is 65.7 Å². The lowest BCUT2D eigenvalue weighted by Gasteiger charge is -2.26. The lowest BCUT2D eigenvalue weighted by molar-refractivity contribution is 0.245. The fraction of sp³-hybridized carbons (Fsp3) is 0.278. The number of hydrogen-bond donors (Lipinski definition) is 2. The molecule has 0 fully saturated rings. The van der Waals surface area contributed by atoms with Crippen LogP contribution in [0.3, 0.4) is 0 Å². The fourth-order valence-corrected chi connectivity index (χ4v) is 3.09. The summed E-state index contributed by atoms with van der Waals surface area (Å²) in [5, 5.41) is 14.2. The lowest BCUT2D eigenvalue weighted by Crippen LogP contribution is -2.42. The average Bonchev–Trinajstić information content (AvgIpc) is 3.32. The van der Waals surface area contributed by atoms with E-state index in [4.69, 9.17) is 0 Å². The zero-order valence-corrected chi connectivity index (χ0v) is 13.9. The number of hydrogen-bond acceptors (Lipinski definition) is 3. The van der Waals surface area contributed by atoms with Crippen LogP contribution in [0.25, 0.3) is 0 Å². The van der Waals surface area contributed by atoms with Gasteiger partial charge in [0.05, 0.1) is 24.1 Å². The molecule has 2 aromatic heterocycles. The summed E-state index contributed by atoms with van der Waals surface area (Å²) < 4.78 is 1.88. The summed E-state index contributed by atoms with van der Waals surface area (Å²) in [6, 6.07) is 10.0. The number of fused-ring (bicyclic) bond motifs is 1. The zero-order valence-electron chi connectivity index (χ0n) is 13.9. The number of aromatic amines is 1. The van der Waals surface area contributed by atoms with Crippen molar-refractivity contribution in [3.63, 3.8) is 0 Å². The molecular weight excluding hydrogens is 316 g/mol. The largest absolute Gasteiger partial charge is 0.334 e. The third-order valence-electron chi connectivity index (χ3n) is 4.41. The SMILES string of the molecule is O=C(NCc1ccc(Cn2cccn2)cc1)N1CCCc2[nH]ncc21. The smallest absolute Gasteiger partial charge is 0.322 e. The standard InChI is InChI=1S/C18H20N6O/c25-18(24-10-1-3-16-17(24)12-20-22-16)19-11-14-4-6-15(7-5-14)13-23-9-2-8-21-23/h2,4-9,12H,1,3,10-11,13H2,(H,19,25)(H,20,22). The summed E-state index contributed by atoms with van der Waals surface area (Å²) in [4.78, 5) is 14.2. The van der Waals surface area contributed by atoms with Crippen molar-refractivity contribution in [2.75, 3.05) is 11.4 Å². The van der Waals surface area contributed by atoms with Crippen molar-refractivity contribution in [2.24, 2.45) is 0 Å². The number of nitrogens with zero attached hydrogens (tertiary/aromatic N) is 4. The number of benzene rings is 1. The van der Waals surface area contributed by atoms with Crippen LogP contribution < -0.4 is 10.2 Å². The summed E-state index contributed by atoms with van der Waals surface area (Å²) in [5.74, 6) is 0. The van der Waals surface area contributed by atoms with Crippen LogP contribution in [0.2, 0.25) is 0 Å². The Morgan fingerprint density at radius 2 is 2.08 bits per heavy atom. The Morgan fingerprint density at radius 3 is 2.88 bits per heavy atom. The molecule has 7 nitrogen and oxygen atoms in total. The first kappa shape index (κ1) is 15.4. The third-order valence-corrected chi connectivity index (χ3v) is 4.41. The van der Waals surface area contributed by atoms with Crippen LogP contribution in [-0.2, 0) is 19.5 Å². The van der Waals surface area contributed by atoms with Crippen LogP contribution in [-0.4, -0.2) is 32.6 Å². The highest BCUT2D eigenvalue weighted by Crippen LogP contribution is 2.24. The number of amides is 2. The Bertz CT molecular complexity index is 837. The number of carbonyl (C=O) groups is 1. The topological polar surface area (TPSA) is 78.8 Å². The molecule has 0 bridgehead atoms. The van der Waals surface area contributed by atoms with Crippen LogP contribution in [0, 0.1) is 0 Å². The molecule has 2 N–H and O–H groups in total. The lowest BCUT2D eigenvalue weighted by atomic mass is 10.1. The predicted molar refractivity (Wildman–Crippen MR) is 94.3 cm³/mol. The van der Waals surface area contributed by atoms with E-state index in [1.54, 1.807) is 17.3 Å². The van der Waals surface area contributed by atoms with E-state index in [0.717, 1.165) is 42.9 Å². The van der Waals surface area contributed by atoms with Crippen LogP contribution in [0.15, 0.2) is 48.9 Å². The molecule has 0 spiro atoms. The third kappa shape index (κ3) is 3.40. The summed E-state index contributed by atoms with van der Waals surface area (Å²) in [7, 11) is 0. The van der Waals surface area contributed by atoms with Gasteiger partial charge >= 0.3 is 6.03 Å². The first-order chi connectivity index (χ1) is 12.3. The number of urea groups is 1. The molecule has 1 aliphatic heterocycles. The second-order valence-corrected chi connectivity index (χ2v) is 6.17. The summed E-state index contributed by atoms with van der Waals surface area (Å²) in [5.41, 5.74) is 4.17. The van der Waals surface area contributed by atoms with E-state index in [9.17, 15) is 4.79 Å². The quantitative estimate of drug-likeness (QED) is 0.767. The van der Waals surface area contributed by atoms with Crippen molar-refractivity contribution in [1.29, 1.82) is 0 Å².